The predicted molar refractivity (Wildman–Crippen MR) is 119 cm³/mol. The molecule has 0 aliphatic rings. The summed E-state index contributed by atoms with van der Waals surface area (Å²) in [6.45, 7) is 8.62. The van der Waals surface area contributed by atoms with Gasteiger partial charge in [-0.1, -0.05) is 36.7 Å². The Labute approximate surface area is 181 Å². The number of para-hydroxylation sites is 1. The zero-order valence-corrected chi connectivity index (χ0v) is 18.4. The Hall–Kier alpha value is -2.99. The maximum absolute atomic E-state index is 13.0. The number of hydrogen-bond acceptors (Lipinski definition) is 4. The van der Waals surface area contributed by atoms with E-state index in [2.05, 4.69) is 10.4 Å². The van der Waals surface area contributed by atoms with Crippen LogP contribution in [0.5, 0.6) is 11.5 Å². The van der Waals surface area contributed by atoms with Crippen LogP contribution in [-0.2, 0) is 0 Å². The van der Waals surface area contributed by atoms with Gasteiger partial charge in [-0.15, -0.1) is 0 Å². The lowest BCUT2D eigenvalue weighted by molar-refractivity contribution is 0.102. The fourth-order valence-corrected chi connectivity index (χ4v) is 3.40. The summed E-state index contributed by atoms with van der Waals surface area (Å²) in [5.41, 5.74) is 3.55. The van der Waals surface area contributed by atoms with Crippen molar-refractivity contribution in [1.29, 1.82) is 0 Å². The Morgan fingerprint density at radius 3 is 2.53 bits per heavy atom. The molecule has 7 heteroatoms. The molecule has 3 rings (SSSR count). The van der Waals surface area contributed by atoms with Crippen molar-refractivity contribution in [1.82, 2.24) is 9.78 Å². The normalized spacial score (nSPS) is 10.7. The second-order valence-corrected chi connectivity index (χ2v) is 7.22. The SMILES string of the molecule is CCCOc1c(Cl)cc(C(=O)Nc2c(C)nn(-c3ccccc3)c2C)cc1OCC. The average Bonchev–Trinajstić information content (AvgIpc) is 3.02. The minimum Gasteiger partial charge on any atom is -0.490 e. The molecule has 3 aromatic rings. The monoisotopic (exact) mass is 427 g/mol. The third-order valence-corrected chi connectivity index (χ3v) is 4.83. The number of rotatable bonds is 8. The Bertz CT molecular complexity index is 1030. The van der Waals surface area contributed by atoms with Gasteiger partial charge in [0.2, 0.25) is 0 Å². The fraction of sp³-hybridized carbons (Fsp3) is 0.304. The van der Waals surface area contributed by atoms with E-state index < -0.39 is 0 Å². The molecule has 1 N–H and O–H groups in total. The van der Waals surface area contributed by atoms with Gasteiger partial charge in [0.15, 0.2) is 11.5 Å². The second-order valence-electron chi connectivity index (χ2n) is 6.81. The zero-order chi connectivity index (χ0) is 21.7. The molecule has 0 fully saturated rings. The van der Waals surface area contributed by atoms with E-state index in [-0.39, 0.29) is 5.91 Å². The number of nitrogens with one attached hydrogen (secondary N) is 1. The van der Waals surface area contributed by atoms with Crippen LogP contribution in [-0.4, -0.2) is 28.9 Å². The standard InChI is InChI=1S/C23H26ClN3O3/c1-5-12-30-22-19(24)13-17(14-20(22)29-6-2)23(28)25-21-15(3)26-27(16(21)4)18-10-8-7-9-11-18/h7-11,13-14H,5-6,12H2,1-4H3,(H,25,28). The zero-order valence-electron chi connectivity index (χ0n) is 17.7. The number of ether oxygens (including phenoxy) is 2. The van der Waals surface area contributed by atoms with Crippen LogP contribution in [0.2, 0.25) is 5.02 Å². The maximum Gasteiger partial charge on any atom is 0.255 e. The van der Waals surface area contributed by atoms with Gasteiger partial charge in [0.05, 0.1) is 41.0 Å². The molecule has 1 aromatic heterocycles. The summed E-state index contributed by atoms with van der Waals surface area (Å²) in [7, 11) is 0. The fourth-order valence-electron chi connectivity index (χ4n) is 3.14. The highest BCUT2D eigenvalue weighted by Gasteiger charge is 2.19. The molecule has 0 aliphatic heterocycles. The molecule has 158 valence electrons. The summed E-state index contributed by atoms with van der Waals surface area (Å²) >= 11 is 6.40. The van der Waals surface area contributed by atoms with Crippen LogP contribution < -0.4 is 14.8 Å². The van der Waals surface area contributed by atoms with Crippen LogP contribution in [0.4, 0.5) is 5.69 Å². The van der Waals surface area contributed by atoms with E-state index in [0.29, 0.717) is 41.0 Å². The van der Waals surface area contributed by atoms with Crippen molar-refractivity contribution in [2.75, 3.05) is 18.5 Å². The number of carbonyl (C=O) groups excluding carboxylic acids is 1. The quantitative estimate of drug-likeness (QED) is 0.509. The molecule has 1 amide bonds. The molecular weight excluding hydrogens is 402 g/mol. The van der Waals surface area contributed by atoms with Crippen LogP contribution in [0.1, 0.15) is 42.0 Å². The molecule has 30 heavy (non-hydrogen) atoms. The highest BCUT2D eigenvalue weighted by atomic mass is 35.5. The van der Waals surface area contributed by atoms with Gasteiger partial charge >= 0.3 is 0 Å². The number of benzene rings is 2. The van der Waals surface area contributed by atoms with Gasteiger partial charge in [-0.2, -0.15) is 5.10 Å². The number of nitrogens with zero attached hydrogens (tertiary/aromatic N) is 2. The van der Waals surface area contributed by atoms with Gasteiger partial charge in [0, 0.05) is 5.56 Å². The molecule has 0 radical (unpaired) electrons. The number of carbonyl (C=O) groups is 1. The Morgan fingerprint density at radius 1 is 1.13 bits per heavy atom. The van der Waals surface area contributed by atoms with Gasteiger partial charge in [-0.3, -0.25) is 4.79 Å². The summed E-state index contributed by atoms with van der Waals surface area (Å²) in [5, 5.41) is 7.88. The van der Waals surface area contributed by atoms with Crippen LogP contribution in [0.15, 0.2) is 42.5 Å². The van der Waals surface area contributed by atoms with E-state index in [1.165, 1.54) is 0 Å². The molecule has 0 bridgehead atoms. The molecule has 0 atom stereocenters. The first kappa shape index (κ1) is 21.7. The van der Waals surface area contributed by atoms with Crippen molar-refractivity contribution in [2.24, 2.45) is 0 Å². The lowest BCUT2D eigenvalue weighted by Gasteiger charge is -2.15. The van der Waals surface area contributed by atoms with E-state index in [1.807, 2.05) is 62.7 Å². The molecule has 0 spiro atoms. The minimum atomic E-state index is -0.293. The highest BCUT2D eigenvalue weighted by molar-refractivity contribution is 6.32. The smallest absolute Gasteiger partial charge is 0.255 e. The first-order chi connectivity index (χ1) is 14.5. The topological polar surface area (TPSA) is 65.4 Å². The second kappa shape index (κ2) is 9.67. The summed E-state index contributed by atoms with van der Waals surface area (Å²) in [6, 6.07) is 13.0. The van der Waals surface area contributed by atoms with Crippen molar-refractivity contribution in [3.05, 3.63) is 64.4 Å². The first-order valence-electron chi connectivity index (χ1n) is 9.98. The van der Waals surface area contributed by atoms with Crippen molar-refractivity contribution in [3.63, 3.8) is 0 Å². The predicted octanol–water partition coefficient (Wildman–Crippen LogP) is 5.58. The summed E-state index contributed by atoms with van der Waals surface area (Å²) in [5.74, 6) is 0.622. The molecule has 1 heterocycles. The number of anilines is 1. The average molecular weight is 428 g/mol. The maximum atomic E-state index is 13.0. The van der Waals surface area contributed by atoms with Crippen LogP contribution in [0.25, 0.3) is 5.69 Å². The third kappa shape index (κ3) is 4.60. The third-order valence-electron chi connectivity index (χ3n) is 4.55. The van der Waals surface area contributed by atoms with E-state index in [4.69, 9.17) is 21.1 Å². The minimum absolute atomic E-state index is 0.293. The van der Waals surface area contributed by atoms with Crippen LogP contribution >= 0.6 is 11.6 Å². The summed E-state index contributed by atoms with van der Waals surface area (Å²) < 4.78 is 13.2. The largest absolute Gasteiger partial charge is 0.490 e. The molecule has 0 unspecified atom stereocenters. The van der Waals surface area contributed by atoms with E-state index in [9.17, 15) is 4.79 Å². The molecular formula is C23H26ClN3O3. The molecule has 0 saturated carbocycles. The van der Waals surface area contributed by atoms with Gasteiger partial charge in [0.25, 0.3) is 5.91 Å². The lowest BCUT2D eigenvalue weighted by atomic mass is 10.1. The van der Waals surface area contributed by atoms with Crippen molar-refractivity contribution < 1.29 is 14.3 Å². The number of amides is 1. The van der Waals surface area contributed by atoms with Crippen molar-refractivity contribution >= 4 is 23.2 Å². The van der Waals surface area contributed by atoms with E-state index in [0.717, 1.165) is 23.5 Å². The van der Waals surface area contributed by atoms with Gasteiger partial charge in [-0.05, 0) is 51.5 Å². The van der Waals surface area contributed by atoms with Gasteiger partial charge in [-0.25, -0.2) is 4.68 Å². The van der Waals surface area contributed by atoms with Crippen LogP contribution in [0, 0.1) is 13.8 Å². The van der Waals surface area contributed by atoms with E-state index >= 15 is 0 Å². The molecule has 6 nitrogen and oxygen atoms in total. The Balaban J connectivity index is 1.90. The summed E-state index contributed by atoms with van der Waals surface area (Å²) in [6.07, 6.45) is 0.841. The number of halogens is 1. The Morgan fingerprint density at radius 2 is 1.87 bits per heavy atom. The van der Waals surface area contributed by atoms with Crippen molar-refractivity contribution in [2.45, 2.75) is 34.1 Å². The lowest BCUT2D eigenvalue weighted by Crippen LogP contribution is -2.14. The molecule has 2 aromatic carbocycles. The van der Waals surface area contributed by atoms with E-state index in [1.54, 1.807) is 12.1 Å². The van der Waals surface area contributed by atoms with Crippen molar-refractivity contribution in [3.8, 4) is 17.2 Å². The number of aromatic nitrogens is 2. The molecule has 0 saturated heterocycles. The van der Waals surface area contributed by atoms with Gasteiger partial charge in [0.1, 0.15) is 0 Å². The van der Waals surface area contributed by atoms with Crippen LogP contribution in [0.3, 0.4) is 0 Å². The molecule has 0 aliphatic carbocycles. The first-order valence-corrected chi connectivity index (χ1v) is 10.4. The highest BCUT2D eigenvalue weighted by Crippen LogP contribution is 2.37. The summed E-state index contributed by atoms with van der Waals surface area (Å²) in [4.78, 5) is 13.0. The number of aryl methyl sites for hydroxylation is 1. The number of hydrogen-bond donors (Lipinski definition) is 1. The van der Waals surface area contributed by atoms with Gasteiger partial charge < -0.3 is 14.8 Å². The Kier molecular flexibility index (Phi) is 7.00.